The minimum absolute atomic E-state index is 0.0222. The molecule has 134 valence electrons. The fourth-order valence-corrected chi connectivity index (χ4v) is 2.76. The van der Waals surface area contributed by atoms with Crippen molar-refractivity contribution < 1.29 is 14.6 Å². The molecule has 0 bridgehead atoms. The average Bonchev–Trinajstić information content (AvgIpc) is 2.61. The van der Waals surface area contributed by atoms with E-state index in [1.807, 2.05) is 19.1 Å². The monoisotopic (exact) mass is 352 g/mol. The van der Waals surface area contributed by atoms with E-state index in [9.17, 15) is 9.90 Å². The number of rotatable bonds is 5. The zero-order chi connectivity index (χ0) is 18.8. The molecule has 0 radical (unpaired) electrons. The van der Waals surface area contributed by atoms with Gasteiger partial charge in [0.05, 0.1) is 12.6 Å². The summed E-state index contributed by atoms with van der Waals surface area (Å²) in [5.41, 5.74) is 7.38. The molecule has 0 spiro atoms. The minimum atomic E-state index is -0.459. The first kappa shape index (κ1) is 17.5. The van der Waals surface area contributed by atoms with Gasteiger partial charge in [-0.15, -0.1) is 0 Å². The van der Waals surface area contributed by atoms with Crippen molar-refractivity contribution in [2.45, 2.75) is 19.9 Å². The van der Waals surface area contributed by atoms with Gasteiger partial charge in [0.25, 0.3) is 0 Å². The summed E-state index contributed by atoms with van der Waals surface area (Å²) in [6.07, 6.45) is 0. The van der Waals surface area contributed by atoms with E-state index >= 15 is 0 Å². The summed E-state index contributed by atoms with van der Waals surface area (Å²) in [5, 5.41) is 14.1. The topological polar surface area (TPSA) is 110 Å². The van der Waals surface area contributed by atoms with Crippen LogP contribution >= 0.6 is 0 Å². The number of aromatic nitrogens is 2. The molecule has 0 unspecified atom stereocenters. The van der Waals surface area contributed by atoms with Crippen LogP contribution in [0.1, 0.15) is 34.7 Å². The van der Waals surface area contributed by atoms with Crippen LogP contribution in [-0.4, -0.2) is 28.1 Å². The summed E-state index contributed by atoms with van der Waals surface area (Å²) >= 11 is 0. The second kappa shape index (κ2) is 6.87. The number of benzene rings is 2. The molecule has 0 fully saturated rings. The lowest BCUT2D eigenvalue weighted by molar-refractivity contribution is 0.100. The second-order valence-corrected chi connectivity index (χ2v) is 6.01. The third kappa shape index (κ3) is 3.37. The number of nitrogens with two attached hydrogens (primary N) is 1. The van der Waals surface area contributed by atoms with Crippen LogP contribution in [0.3, 0.4) is 0 Å². The molecule has 0 aliphatic heterocycles. The summed E-state index contributed by atoms with van der Waals surface area (Å²) in [4.78, 5) is 20.1. The molecular formula is C19H20N4O3. The maximum Gasteiger partial charge on any atom is 0.248 e. The van der Waals surface area contributed by atoms with Gasteiger partial charge in [-0.2, -0.15) is 0 Å². The van der Waals surface area contributed by atoms with Gasteiger partial charge in [-0.1, -0.05) is 12.1 Å². The number of nitrogens with zero attached hydrogens (tertiary/aromatic N) is 2. The molecule has 1 amide bonds. The van der Waals surface area contributed by atoms with Crippen LogP contribution in [0.4, 0.5) is 5.82 Å². The lowest BCUT2D eigenvalue weighted by Gasteiger charge is -2.17. The number of carbonyl (C=O) groups is 1. The second-order valence-electron chi connectivity index (χ2n) is 6.01. The van der Waals surface area contributed by atoms with Gasteiger partial charge < -0.3 is 20.9 Å². The number of fused-ring (bicyclic) bond motifs is 1. The molecule has 3 aromatic rings. The smallest absolute Gasteiger partial charge is 0.248 e. The van der Waals surface area contributed by atoms with E-state index in [4.69, 9.17) is 10.5 Å². The number of hydrogen-bond acceptors (Lipinski definition) is 6. The fraction of sp³-hybridized carbons (Fsp3) is 0.211. The zero-order valence-electron chi connectivity index (χ0n) is 14.8. The molecule has 2 aromatic carbocycles. The van der Waals surface area contributed by atoms with Gasteiger partial charge in [-0.25, -0.2) is 9.97 Å². The van der Waals surface area contributed by atoms with Gasteiger partial charge in [-0.05, 0) is 37.6 Å². The normalized spacial score (nSPS) is 12.0. The number of hydrogen-bond donors (Lipinski definition) is 3. The Bertz CT molecular complexity index is 971. The predicted octanol–water partition coefficient (Wildman–Crippen LogP) is 2.92. The minimum Gasteiger partial charge on any atom is -0.504 e. The van der Waals surface area contributed by atoms with Crippen molar-refractivity contribution >= 4 is 22.6 Å². The van der Waals surface area contributed by atoms with E-state index in [0.29, 0.717) is 33.9 Å². The summed E-state index contributed by atoms with van der Waals surface area (Å²) in [6, 6.07) is 10.2. The number of nitrogens with one attached hydrogen (secondary N) is 1. The first-order chi connectivity index (χ1) is 12.4. The lowest BCUT2D eigenvalue weighted by Crippen LogP contribution is -2.12. The summed E-state index contributed by atoms with van der Waals surface area (Å²) in [6.45, 7) is 3.78. The number of amides is 1. The molecule has 1 heterocycles. The number of primary amides is 1. The summed E-state index contributed by atoms with van der Waals surface area (Å²) in [7, 11) is 1.49. The Morgan fingerprint density at radius 1 is 1.23 bits per heavy atom. The van der Waals surface area contributed by atoms with Crippen LogP contribution < -0.4 is 15.8 Å². The maximum absolute atomic E-state index is 11.2. The maximum atomic E-state index is 11.2. The van der Waals surface area contributed by atoms with Crippen molar-refractivity contribution in [1.29, 1.82) is 0 Å². The Morgan fingerprint density at radius 2 is 1.92 bits per heavy atom. The van der Waals surface area contributed by atoms with Crippen LogP contribution in [-0.2, 0) is 0 Å². The SMILES string of the molecule is COc1cc2nc(C)nc(N[C@H](C)c3ccc(C(N)=O)cc3)c2cc1O. The van der Waals surface area contributed by atoms with Gasteiger partial charge in [0.1, 0.15) is 11.6 Å². The summed E-state index contributed by atoms with van der Waals surface area (Å²) < 4.78 is 5.15. The molecule has 0 saturated carbocycles. The Balaban J connectivity index is 1.97. The van der Waals surface area contributed by atoms with Crippen LogP contribution in [0.15, 0.2) is 36.4 Å². The van der Waals surface area contributed by atoms with E-state index in [0.717, 1.165) is 5.56 Å². The number of phenols is 1. The Kier molecular flexibility index (Phi) is 4.62. The van der Waals surface area contributed by atoms with Crippen LogP contribution in [0.5, 0.6) is 11.5 Å². The van der Waals surface area contributed by atoms with Crippen molar-refractivity contribution in [2.24, 2.45) is 5.73 Å². The van der Waals surface area contributed by atoms with Gasteiger partial charge in [-0.3, -0.25) is 4.79 Å². The fourth-order valence-electron chi connectivity index (χ4n) is 2.76. The highest BCUT2D eigenvalue weighted by molar-refractivity contribution is 5.93. The molecule has 4 N–H and O–H groups in total. The molecule has 1 aromatic heterocycles. The van der Waals surface area contributed by atoms with E-state index < -0.39 is 5.91 Å². The van der Waals surface area contributed by atoms with Crippen molar-refractivity contribution in [3.63, 3.8) is 0 Å². The lowest BCUT2D eigenvalue weighted by atomic mass is 10.1. The Labute approximate surface area is 150 Å². The number of aryl methyl sites for hydroxylation is 1. The van der Waals surface area contributed by atoms with Gasteiger partial charge in [0.2, 0.25) is 5.91 Å². The highest BCUT2D eigenvalue weighted by Gasteiger charge is 2.14. The van der Waals surface area contributed by atoms with Crippen LogP contribution in [0.2, 0.25) is 0 Å². The highest BCUT2D eigenvalue weighted by atomic mass is 16.5. The Morgan fingerprint density at radius 3 is 2.54 bits per heavy atom. The Hall–Kier alpha value is -3.35. The van der Waals surface area contributed by atoms with Gasteiger partial charge in [0.15, 0.2) is 11.5 Å². The molecule has 0 saturated heterocycles. The number of phenolic OH excluding ortho intramolecular Hbond substituents is 1. The van der Waals surface area contributed by atoms with E-state index in [-0.39, 0.29) is 11.8 Å². The number of aromatic hydroxyl groups is 1. The molecule has 26 heavy (non-hydrogen) atoms. The zero-order valence-corrected chi connectivity index (χ0v) is 14.8. The van der Waals surface area contributed by atoms with Gasteiger partial charge >= 0.3 is 0 Å². The third-order valence-electron chi connectivity index (χ3n) is 4.16. The van der Waals surface area contributed by atoms with Crippen molar-refractivity contribution in [3.8, 4) is 11.5 Å². The number of carbonyl (C=O) groups excluding carboxylic acids is 1. The third-order valence-corrected chi connectivity index (χ3v) is 4.16. The first-order valence-corrected chi connectivity index (χ1v) is 8.10. The quantitative estimate of drug-likeness (QED) is 0.651. The molecule has 3 rings (SSSR count). The number of anilines is 1. The van der Waals surface area contributed by atoms with Crippen LogP contribution in [0.25, 0.3) is 10.9 Å². The van der Waals surface area contributed by atoms with Crippen molar-refractivity contribution in [2.75, 3.05) is 12.4 Å². The van der Waals surface area contributed by atoms with Crippen molar-refractivity contribution in [3.05, 3.63) is 53.3 Å². The number of methoxy groups -OCH3 is 1. The van der Waals surface area contributed by atoms with Crippen molar-refractivity contribution in [1.82, 2.24) is 9.97 Å². The number of ether oxygens (including phenoxy) is 1. The van der Waals surface area contributed by atoms with E-state index in [2.05, 4.69) is 15.3 Å². The molecule has 0 aliphatic rings. The highest BCUT2D eigenvalue weighted by Crippen LogP contribution is 2.34. The molecule has 1 atom stereocenters. The molecule has 7 heteroatoms. The van der Waals surface area contributed by atoms with E-state index in [1.165, 1.54) is 7.11 Å². The molecular weight excluding hydrogens is 332 g/mol. The largest absolute Gasteiger partial charge is 0.504 e. The average molecular weight is 352 g/mol. The van der Waals surface area contributed by atoms with Gasteiger partial charge in [0, 0.05) is 23.1 Å². The van der Waals surface area contributed by atoms with Crippen LogP contribution in [0, 0.1) is 6.92 Å². The standard InChI is InChI=1S/C19H20N4O3/c1-10(12-4-6-13(7-5-12)18(20)25)21-19-14-8-16(24)17(26-3)9-15(14)22-11(2)23-19/h4-10,24H,1-3H3,(H2,20,25)(H,21,22,23)/t10-/m1/s1. The van der Waals surface area contributed by atoms with E-state index in [1.54, 1.807) is 31.2 Å². The predicted molar refractivity (Wildman–Crippen MR) is 99.5 cm³/mol. The summed E-state index contributed by atoms with van der Waals surface area (Å²) in [5.74, 6) is 1.13. The molecule has 0 aliphatic carbocycles. The molecule has 7 nitrogen and oxygen atoms in total. The first-order valence-electron chi connectivity index (χ1n) is 8.10.